The third-order valence-electron chi connectivity index (χ3n) is 4.42. The molecular formula is C18H24N4O2. The number of ether oxygens (including phenoxy) is 1. The van der Waals surface area contributed by atoms with Crippen molar-refractivity contribution in [1.82, 2.24) is 20.2 Å². The molecule has 3 rings (SSSR count). The molecule has 1 aliphatic heterocycles. The summed E-state index contributed by atoms with van der Waals surface area (Å²) in [5.41, 5.74) is 1.73. The van der Waals surface area contributed by atoms with Gasteiger partial charge in [-0.25, -0.2) is 4.98 Å². The second kappa shape index (κ2) is 7.49. The van der Waals surface area contributed by atoms with E-state index in [1.165, 1.54) is 0 Å². The van der Waals surface area contributed by atoms with E-state index in [0.29, 0.717) is 23.8 Å². The van der Waals surface area contributed by atoms with Crippen LogP contribution in [0.5, 0.6) is 5.75 Å². The van der Waals surface area contributed by atoms with Gasteiger partial charge in [0.1, 0.15) is 11.6 Å². The number of carbonyl (C=O) groups is 1. The molecule has 0 spiro atoms. The average Bonchev–Trinajstić information content (AvgIpc) is 3.21. The average molecular weight is 328 g/mol. The molecule has 2 aromatic rings. The summed E-state index contributed by atoms with van der Waals surface area (Å²) in [5.74, 6) is 1.96. The number of aromatic amines is 1. The van der Waals surface area contributed by atoms with E-state index in [4.69, 9.17) is 4.74 Å². The highest BCUT2D eigenvalue weighted by Crippen LogP contribution is 2.19. The van der Waals surface area contributed by atoms with Gasteiger partial charge in [0.25, 0.3) is 5.91 Å². The van der Waals surface area contributed by atoms with Gasteiger partial charge in [0, 0.05) is 31.5 Å². The minimum atomic E-state index is -0.0740. The van der Waals surface area contributed by atoms with Gasteiger partial charge in [0.05, 0.1) is 12.7 Å². The Hall–Kier alpha value is -2.34. The van der Waals surface area contributed by atoms with Gasteiger partial charge in [-0.15, -0.1) is 0 Å². The lowest BCUT2D eigenvalue weighted by Gasteiger charge is -2.15. The fourth-order valence-electron chi connectivity index (χ4n) is 3.18. The zero-order valence-corrected chi connectivity index (χ0v) is 14.2. The van der Waals surface area contributed by atoms with Crippen molar-refractivity contribution in [3.63, 3.8) is 0 Å². The Balaban J connectivity index is 1.48. The van der Waals surface area contributed by atoms with Crippen molar-refractivity contribution in [1.29, 1.82) is 0 Å². The van der Waals surface area contributed by atoms with Crippen molar-refractivity contribution in [3.05, 3.63) is 47.5 Å². The molecule has 1 aromatic heterocycles. The number of imidazole rings is 1. The smallest absolute Gasteiger partial charge is 0.255 e. The van der Waals surface area contributed by atoms with Gasteiger partial charge in [0.15, 0.2) is 0 Å². The fourth-order valence-corrected chi connectivity index (χ4v) is 3.18. The number of rotatable bonds is 6. The Morgan fingerprint density at radius 3 is 3.04 bits per heavy atom. The number of amides is 1. The van der Waals surface area contributed by atoms with E-state index in [1.807, 2.05) is 25.3 Å². The second-order valence-corrected chi connectivity index (χ2v) is 6.29. The minimum Gasteiger partial charge on any atom is -0.496 e. The van der Waals surface area contributed by atoms with Gasteiger partial charge >= 0.3 is 0 Å². The van der Waals surface area contributed by atoms with Crippen LogP contribution < -0.4 is 10.1 Å². The molecular weight excluding hydrogens is 304 g/mol. The predicted molar refractivity (Wildman–Crippen MR) is 92.0 cm³/mol. The maximum atomic E-state index is 12.3. The van der Waals surface area contributed by atoms with Gasteiger partial charge in [-0.05, 0) is 37.9 Å². The monoisotopic (exact) mass is 328 g/mol. The molecule has 1 atom stereocenters. The van der Waals surface area contributed by atoms with Crippen LogP contribution in [0.15, 0.2) is 30.5 Å². The van der Waals surface area contributed by atoms with E-state index in [9.17, 15) is 4.79 Å². The molecule has 0 saturated carbocycles. The van der Waals surface area contributed by atoms with E-state index in [1.54, 1.807) is 19.2 Å². The number of carbonyl (C=O) groups excluding carboxylic acids is 1. The Morgan fingerprint density at radius 1 is 1.46 bits per heavy atom. The molecule has 2 heterocycles. The number of nitrogens with zero attached hydrogens (tertiary/aromatic N) is 2. The molecule has 128 valence electrons. The number of benzene rings is 1. The van der Waals surface area contributed by atoms with E-state index in [2.05, 4.69) is 20.2 Å². The Kier molecular flexibility index (Phi) is 5.15. The summed E-state index contributed by atoms with van der Waals surface area (Å²) in [5, 5.41) is 3.04. The quantitative estimate of drug-likeness (QED) is 0.851. The molecule has 0 unspecified atom stereocenters. The molecule has 1 aliphatic rings. The standard InChI is InChI=1S/C18H24N4O2/c1-13-19-10-15(21-13)12-22-8-7-14(11-22)9-20-18(23)16-5-3-4-6-17(16)24-2/h3-6,10,14H,7-9,11-12H2,1-2H3,(H,19,21)(H,20,23)/t14-/m1/s1. The molecule has 6 heteroatoms. The summed E-state index contributed by atoms with van der Waals surface area (Å²) in [6.07, 6.45) is 2.99. The lowest BCUT2D eigenvalue weighted by Crippen LogP contribution is -2.31. The number of nitrogens with one attached hydrogen (secondary N) is 2. The van der Waals surface area contributed by atoms with Crippen molar-refractivity contribution in [2.75, 3.05) is 26.7 Å². The van der Waals surface area contributed by atoms with Crippen LogP contribution in [-0.2, 0) is 6.54 Å². The zero-order valence-electron chi connectivity index (χ0n) is 14.2. The lowest BCUT2D eigenvalue weighted by atomic mass is 10.1. The van der Waals surface area contributed by atoms with Crippen LogP contribution in [0.3, 0.4) is 0 Å². The van der Waals surface area contributed by atoms with Crippen LogP contribution in [0.25, 0.3) is 0 Å². The summed E-state index contributed by atoms with van der Waals surface area (Å²) in [6.45, 7) is 5.58. The molecule has 0 radical (unpaired) electrons. The van der Waals surface area contributed by atoms with Crippen molar-refractivity contribution in [3.8, 4) is 5.75 Å². The lowest BCUT2D eigenvalue weighted by molar-refractivity contribution is 0.0944. The summed E-state index contributed by atoms with van der Waals surface area (Å²) in [7, 11) is 1.58. The topological polar surface area (TPSA) is 70.2 Å². The number of hydrogen-bond acceptors (Lipinski definition) is 4. The van der Waals surface area contributed by atoms with Crippen LogP contribution in [0.4, 0.5) is 0 Å². The summed E-state index contributed by atoms with van der Waals surface area (Å²) < 4.78 is 5.25. The van der Waals surface area contributed by atoms with Gasteiger partial charge in [-0.3, -0.25) is 9.69 Å². The fraction of sp³-hybridized carbons (Fsp3) is 0.444. The first-order valence-corrected chi connectivity index (χ1v) is 8.29. The molecule has 0 bridgehead atoms. The molecule has 6 nitrogen and oxygen atoms in total. The largest absolute Gasteiger partial charge is 0.496 e. The normalized spacial score (nSPS) is 17.8. The summed E-state index contributed by atoms with van der Waals surface area (Å²) >= 11 is 0. The predicted octanol–water partition coefficient (Wildman–Crippen LogP) is 1.98. The molecule has 1 aromatic carbocycles. The van der Waals surface area contributed by atoms with Crippen LogP contribution in [0, 0.1) is 12.8 Å². The van der Waals surface area contributed by atoms with Gasteiger partial charge < -0.3 is 15.0 Å². The molecule has 1 amide bonds. The maximum absolute atomic E-state index is 12.3. The first-order valence-electron chi connectivity index (χ1n) is 8.29. The van der Waals surface area contributed by atoms with E-state index in [0.717, 1.165) is 37.6 Å². The van der Waals surface area contributed by atoms with Crippen LogP contribution in [0.2, 0.25) is 0 Å². The van der Waals surface area contributed by atoms with Crippen molar-refractivity contribution in [2.24, 2.45) is 5.92 Å². The number of hydrogen-bond donors (Lipinski definition) is 2. The third-order valence-corrected chi connectivity index (χ3v) is 4.42. The number of para-hydroxylation sites is 1. The number of likely N-dealkylation sites (tertiary alicyclic amines) is 1. The SMILES string of the molecule is COc1ccccc1C(=O)NC[C@H]1CCN(Cc2cnc(C)[nH]2)C1. The number of aryl methyl sites for hydroxylation is 1. The summed E-state index contributed by atoms with van der Waals surface area (Å²) in [6, 6.07) is 7.30. The highest BCUT2D eigenvalue weighted by Gasteiger charge is 2.23. The van der Waals surface area contributed by atoms with Crippen molar-refractivity contribution in [2.45, 2.75) is 19.9 Å². The van der Waals surface area contributed by atoms with Gasteiger partial charge in [-0.1, -0.05) is 12.1 Å². The molecule has 2 N–H and O–H groups in total. The van der Waals surface area contributed by atoms with Crippen molar-refractivity contribution >= 4 is 5.91 Å². The van der Waals surface area contributed by atoms with Crippen LogP contribution >= 0.6 is 0 Å². The third kappa shape index (κ3) is 3.94. The molecule has 24 heavy (non-hydrogen) atoms. The Labute approximate surface area is 142 Å². The second-order valence-electron chi connectivity index (χ2n) is 6.29. The first kappa shape index (κ1) is 16.5. The van der Waals surface area contributed by atoms with E-state index in [-0.39, 0.29) is 5.91 Å². The first-order chi connectivity index (χ1) is 11.7. The Bertz CT molecular complexity index is 698. The zero-order chi connectivity index (χ0) is 16.9. The minimum absolute atomic E-state index is 0.0740. The summed E-state index contributed by atoms with van der Waals surface area (Å²) in [4.78, 5) is 22.2. The van der Waals surface area contributed by atoms with Gasteiger partial charge in [-0.2, -0.15) is 0 Å². The molecule has 0 aliphatic carbocycles. The molecule has 1 fully saturated rings. The maximum Gasteiger partial charge on any atom is 0.255 e. The number of aromatic nitrogens is 2. The molecule has 1 saturated heterocycles. The van der Waals surface area contributed by atoms with E-state index < -0.39 is 0 Å². The van der Waals surface area contributed by atoms with Gasteiger partial charge in [0.2, 0.25) is 0 Å². The number of methoxy groups -OCH3 is 1. The highest BCUT2D eigenvalue weighted by atomic mass is 16.5. The Morgan fingerprint density at radius 2 is 2.29 bits per heavy atom. The number of H-pyrrole nitrogens is 1. The van der Waals surface area contributed by atoms with Crippen LogP contribution in [-0.4, -0.2) is 47.5 Å². The van der Waals surface area contributed by atoms with Crippen molar-refractivity contribution < 1.29 is 9.53 Å². The van der Waals surface area contributed by atoms with E-state index >= 15 is 0 Å². The van der Waals surface area contributed by atoms with Crippen LogP contribution in [0.1, 0.15) is 28.3 Å². The highest BCUT2D eigenvalue weighted by molar-refractivity contribution is 5.96.